The maximum Gasteiger partial charge on any atom is 0.471 e. The number of nitrogens with two attached hydrogens (primary N) is 1. The third-order valence-electron chi connectivity index (χ3n) is 4.31. The zero-order chi connectivity index (χ0) is 16.5. The fraction of sp³-hybridized carbons (Fsp3) is 0.562. The summed E-state index contributed by atoms with van der Waals surface area (Å²) in [6.45, 7) is 4.21. The Hall–Kier alpha value is -1.56. The van der Waals surface area contributed by atoms with Crippen LogP contribution in [0, 0.1) is 0 Å². The molecule has 0 bridgehead atoms. The van der Waals surface area contributed by atoms with Gasteiger partial charge in [0.15, 0.2) is 0 Å². The van der Waals surface area contributed by atoms with E-state index in [4.69, 9.17) is 5.73 Å². The first kappa shape index (κ1) is 16.8. The fourth-order valence-corrected chi connectivity index (χ4v) is 2.78. The maximum absolute atomic E-state index is 12.5. The average molecular weight is 314 g/mol. The second-order valence-electron chi connectivity index (χ2n) is 6.23. The van der Waals surface area contributed by atoms with Crippen LogP contribution in [-0.2, 0) is 10.3 Å². The van der Waals surface area contributed by atoms with Gasteiger partial charge in [-0.25, -0.2) is 0 Å². The Morgan fingerprint density at radius 1 is 1.27 bits per heavy atom. The average Bonchev–Trinajstić information content (AvgIpc) is 2.46. The molecule has 2 rings (SSSR count). The Morgan fingerprint density at radius 3 is 2.36 bits per heavy atom. The molecule has 1 aliphatic rings. The number of hydrogen-bond donors (Lipinski definition) is 1. The molecular formula is C16H21F3N2O. The minimum atomic E-state index is -4.81. The first-order chi connectivity index (χ1) is 10.1. The Balaban J connectivity index is 2.12. The van der Waals surface area contributed by atoms with Crippen molar-refractivity contribution in [2.45, 2.75) is 44.3 Å². The van der Waals surface area contributed by atoms with Gasteiger partial charge in [-0.1, -0.05) is 38.1 Å². The van der Waals surface area contributed by atoms with Crippen molar-refractivity contribution in [1.82, 2.24) is 4.90 Å². The Morgan fingerprint density at radius 2 is 1.86 bits per heavy atom. The lowest BCUT2D eigenvalue weighted by atomic mass is 9.80. The minimum Gasteiger partial charge on any atom is -0.335 e. The smallest absolute Gasteiger partial charge is 0.335 e. The summed E-state index contributed by atoms with van der Waals surface area (Å²) in [4.78, 5) is 12.1. The summed E-state index contributed by atoms with van der Waals surface area (Å²) in [6, 6.07) is 7.87. The molecule has 0 aliphatic carbocycles. The molecule has 6 heteroatoms. The van der Waals surface area contributed by atoms with Crippen LogP contribution in [0.5, 0.6) is 0 Å². The molecule has 1 aliphatic heterocycles. The molecule has 2 N–H and O–H groups in total. The molecule has 0 unspecified atom stereocenters. The largest absolute Gasteiger partial charge is 0.471 e. The first-order valence-corrected chi connectivity index (χ1v) is 7.39. The predicted molar refractivity (Wildman–Crippen MR) is 78.3 cm³/mol. The number of likely N-dealkylation sites (tertiary alicyclic amines) is 1. The van der Waals surface area contributed by atoms with Gasteiger partial charge < -0.3 is 10.6 Å². The van der Waals surface area contributed by atoms with Crippen molar-refractivity contribution in [3.8, 4) is 0 Å². The summed E-state index contributed by atoms with van der Waals surface area (Å²) in [6.07, 6.45) is -4.15. The van der Waals surface area contributed by atoms with Crippen molar-refractivity contribution < 1.29 is 18.0 Å². The van der Waals surface area contributed by atoms with Crippen molar-refractivity contribution >= 4 is 5.91 Å². The van der Waals surface area contributed by atoms with E-state index in [2.05, 4.69) is 13.8 Å². The number of hydrogen-bond acceptors (Lipinski definition) is 2. The normalized spacial score (nSPS) is 18.6. The number of amides is 1. The molecule has 0 radical (unpaired) electrons. The van der Waals surface area contributed by atoms with E-state index in [-0.39, 0.29) is 13.1 Å². The third-order valence-corrected chi connectivity index (χ3v) is 4.31. The topological polar surface area (TPSA) is 46.3 Å². The summed E-state index contributed by atoms with van der Waals surface area (Å²) in [5, 5.41) is 0. The standard InChI is InChI=1S/C16H21F3N2O/c1-11(2)12-4-3-5-13(10-12)15(20)6-8-21(9-7-15)14(22)16(17,18)19/h3-5,10-11H,6-9,20H2,1-2H3. The van der Waals surface area contributed by atoms with Crippen molar-refractivity contribution in [1.29, 1.82) is 0 Å². The number of benzene rings is 1. The number of carbonyl (C=O) groups excluding carboxylic acids is 1. The van der Waals surface area contributed by atoms with Crippen molar-refractivity contribution in [3.63, 3.8) is 0 Å². The summed E-state index contributed by atoms with van der Waals surface area (Å²) in [5.74, 6) is -1.42. The van der Waals surface area contributed by atoms with Crippen LogP contribution in [0.2, 0.25) is 0 Å². The van der Waals surface area contributed by atoms with Gasteiger partial charge >= 0.3 is 12.1 Å². The highest BCUT2D eigenvalue weighted by molar-refractivity contribution is 5.82. The lowest BCUT2D eigenvalue weighted by Crippen LogP contribution is -2.52. The van der Waals surface area contributed by atoms with E-state index in [9.17, 15) is 18.0 Å². The lowest BCUT2D eigenvalue weighted by Gasteiger charge is -2.40. The molecular weight excluding hydrogens is 293 g/mol. The van der Waals surface area contributed by atoms with E-state index in [0.29, 0.717) is 18.8 Å². The predicted octanol–water partition coefficient (Wildman–Crippen LogP) is 3.15. The highest BCUT2D eigenvalue weighted by atomic mass is 19.4. The molecule has 0 aromatic heterocycles. The fourth-order valence-electron chi connectivity index (χ4n) is 2.78. The monoisotopic (exact) mass is 314 g/mol. The molecule has 1 heterocycles. The molecule has 1 saturated heterocycles. The molecule has 3 nitrogen and oxygen atoms in total. The van der Waals surface area contributed by atoms with E-state index < -0.39 is 17.6 Å². The summed E-state index contributed by atoms with van der Waals surface area (Å²) in [7, 11) is 0. The number of halogens is 3. The van der Waals surface area contributed by atoms with Crippen LogP contribution in [0.25, 0.3) is 0 Å². The second-order valence-corrected chi connectivity index (χ2v) is 6.23. The molecule has 1 fully saturated rings. The number of alkyl halides is 3. The van der Waals surface area contributed by atoms with Gasteiger partial charge in [-0.15, -0.1) is 0 Å². The Labute approximate surface area is 128 Å². The van der Waals surface area contributed by atoms with Crippen molar-refractivity contribution in [2.75, 3.05) is 13.1 Å². The van der Waals surface area contributed by atoms with Crippen molar-refractivity contribution in [2.24, 2.45) is 5.73 Å². The lowest BCUT2D eigenvalue weighted by molar-refractivity contribution is -0.186. The first-order valence-electron chi connectivity index (χ1n) is 7.39. The molecule has 122 valence electrons. The third kappa shape index (κ3) is 3.43. The molecule has 22 heavy (non-hydrogen) atoms. The number of rotatable bonds is 2. The van der Waals surface area contributed by atoms with Crippen LogP contribution in [0.3, 0.4) is 0 Å². The van der Waals surface area contributed by atoms with E-state index in [1.165, 1.54) is 0 Å². The van der Waals surface area contributed by atoms with Gasteiger partial charge in [0.1, 0.15) is 0 Å². The Bertz CT molecular complexity index is 547. The van der Waals surface area contributed by atoms with Gasteiger partial charge in [0.05, 0.1) is 0 Å². The summed E-state index contributed by atoms with van der Waals surface area (Å²) < 4.78 is 37.4. The summed E-state index contributed by atoms with van der Waals surface area (Å²) in [5.41, 5.74) is 7.81. The van der Waals surface area contributed by atoms with Crippen LogP contribution < -0.4 is 5.73 Å². The van der Waals surface area contributed by atoms with Gasteiger partial charge in [0, 0.05) is 18.6 Å². The quantitative estimate of drug-likeness (QED) is 0.911. The Kier molecular flexibility index (Phi) is 4.52. The van der Waals surface area contributed by atoms with Gasteiger partial charge in [0.2, 0.25) is 0 Å². The highest BCUT2D eigenvalue weighted by Gasteiger charge is 2.45. The van der Waals surface area contributed by atoms with Gasteiger partial charge in [0.25, 0.3) is 0 Å². The van der Waals surface area contributed by atoms with Gasteiger partial charge in [-0.3, -0.25) is 4.79 Å². The number of carbonyl (C=O) groups is 1. The van der Waals surface area contributed by atoms with Crippen LogP contribution >= 0.6 is 0 Å². The zero-order valence-corrected chi connectivity index (χ0v) is 12.8. The number of piperidine rings is 1. The zero-order valence-electron chi connectivity index (χ0n) is 12.8. The van der Waals surface area contributed by atoms with Crippen LogP contribution in [0.4, 0.5) is 13.2 Å². The van der Waals surface area contributed by atoms with Crippen LogP contribution in [-0.4, -0.2) is 30.1 Å². The second kappa shape index (κ2) is 5.91. The van der Waals surface area contributed by atoms with Crippen LogP contribution in [0.1, 0.15) is 43.7 Å². The highest BCUT2D eigenvalue weighted by Crippen LogP contribution is 2.33. The maximum atomic E-state index is 12.5. The molecule has 0 saturated carbocycles. The van der Waals surface area contributed by atoms with Gasteiger partial charge in [-0.05, 0) is 29.9 Å². The molecule has 1 aromatic rings. The van der Waals surface area contributed by atoms with Crippen molar-refractivity contribution in [3.05, 3.63) is 35.4 Å². The molecule has 1 amide bonds. The van der Waals surface area contributed by atoms with E-state index in [1.54, 1.807) is 0 Å². The van der Waals surface area contributed by atoms with E-state index in [1.807, 2.05) is 24.3 Å². The molecule has 1 aromatic carbocycles. The van der Waals surface area contributed by atoms with Crippen LogP contribution in [0.15, 0.2) is 24.3 Å². The SMILES string of the molecule is CC(C)c1cccc(C2(N)CCN(C(=O)C(F)(F)F)CC2)c1. The van der Waals surface area contributed by atoms with E-state index >= 15 is 0 Å². The van der Waals surface area contributed by atoms with E-state index in [0.717, 1.165) is 16.0 Å². The molecule has 0 spiro atoms. The summed E-state index contributed by atoms with van der Waals surface area (Å²) >= 11 is 0. The number of nitrogens with zero attached hydrogens (tertiary/aromatic N) is 1. The minimum absolute atomic E-state index is 0.0285. The molecule has 0 atom stereocenters. The van der Waals surface area contributed by atoms with Gasteiger partial charge in [-0.2, -0.15) is 13.2 Å².